The summed E-state index contributed by atoms with van der Waals surface area (Å²) >= 11 is 6.29. The minimum Gasteiger partial charge on any atom is -0.497 e. The van der Waals surface area contributed by atoms with Gasteiger partial charge in [-0.3, -0.25) is 0 Å². The molecular weight excluding hydrogens is 386 g/mol. The van der Waals surface area contributed by atoms with Crippen molar-refractivity contribution in [2.75, 3.05) is 12.1 Å². The van der Waals surface area contributed by atoms with Gasteiger partial charge in [0.25, 0.3) is 0 Å². The topological polar surface area (TPSA) is 50.9 Å². The van der Waals surface area contributed by atoms with Crippen molar-refractivity contribution in [1.29, 1.82) is 0 Å². The van der Waals surface area contributed by atoms with Crippen LogP contribution in [0.4, 0.5) is 11.4 Å². The summed E-state index contributed by atoms with van der Waals surface area (Å²) < 4.78 is 11.0. The molecule has 144 valence electrons. The molecule has 0 aliphatic carbocycles. The van der Waals surface area contributed by atoms with Gasteiger partial charge in [0.2, 0.25) is 5.89 Å². The third kappa shape index (κ3) is 4.31. The monoisotopic (exact) mass is 403 g/mol. The molecule has 0 unspecified atom stereocenters. The number of aromatic nitrogens is 1. The molecule has 0 saturated heterocycles. The van der Waals surface area contributed by atoms with E-state index in [4.69, 9.17) is 20.8 Å². The van der Waals surface area contributed by atoms with E-state index < -0.39 is 0 Å². The van der Waals surface area contributed by atoms with E-state index in [1.807, 2.05) is 89.9 Å². The standard InChI is InChI=1S/C23H18ClN3O2/c1-28-20-14-12-17(13-15-20)22-23(24)26-21(29-22)16-25-27(18-8-4-2-5-9-18)19-10-6-3-7-11-19/h2-16H,1H3. The molecule has 1 heterocycles. The third-order valence-corrected chi connectivity index (χ3v) is 4.50. The predicted octanol–water partition coefficient (Wildman–Crippen LogP) is 6.18. The van der Waals surface area contributed by atoms with Gasteiger partial charge in [0, 0.05) is 5.56 Å². The number of methoxy groups -OCH3 is 1. The first-order chi connectivity index (χ1) is 14.2. The number of para-hydroxylation sites is 2. The molecule has 0 aliphatic rings. The lowest BCUT2D eigenvalue weighted by molar-refractivity contribution is 0.415. The summed E-state index contributed by atoms with van der Waals surface area (Å²) in [5.41, 5.74) is 2.65. The highest BCUT2D eigenvalue weighted by Crippen LogP contribution is 2.30. The molecule has 0 saturated carbocycles. The van der Waals surface area contributed by atoms with Gasteiger partial charge < -0.3 is 9.15 Å². The van der Waals surface area contributed by atoms with Gasteiger partial charge in [0.05, 0.1) is 18.5 Å². The highest BCUT2D eigenvalue weighted by atomic mass is 35.5. The lowest BCUT2D eigenvalue weighted by Gasteiger charge is -2.18. The van der Waals surface area contributed by atoms with Crippen molar-refractivity contribution in [2.24, 2.45) is 5.10 Å². The average Bonchev–Trinajstić information content (AvgIpc) is 3.16. The van der Waals surface area contributed by atoms with Gasteiger partial charge in [-0.25, -0.2) is 5.01 Å². The van der Waals surface area contributed by atoms with Gasteiger partial charge in [-0.2, -0.15) is 10.1 Å². The lowest BCUT2D eigenvalue weighted by atomic mass is 10.2. The molecule has 3 aromatic carbocycles. The van der Waals surface area contributed by atoms with Crippen LogP contribution in [0.1, 0.15) is 5.89 Å². The molecule has 4 aromatic rings. The zero-order valence-electron chi connectivity index (χ0n) is 15.7. The smallest absolute Gasteiger partial charge is 0.241 e. The van der Waals surface area contributed by atoms with Gasteiger partial charge in [0.1, 0.15) is 12.0 Å². The molecule has 29 heavy (non-hydrogen) atoms. The van der Waals surface area contributed by atoms with Crippen LogP contribution in [0.2, 0.25) is 5.15 Å². The molecule has 0 bridgehead atoms. The largest absolute Gasteiger partial charge is 0.497 e. The van der Waals surface area contributed by atoms with E-state index >= 15 is 0 Å². The number of hydrogen-bond donors (Lipinski definition) is 0. The van der Waals surface area contributed by atoms with Crippen LogP contribution >= 0.6 is 11.6 Å². The van der Waals surface area contributed by atoms with Crippen molar-refractivity contribution in [2.45, 2.75) is 0 Å². The minimum atomic E-state index is 0.280. The number of halogens is 1. The Bertz CT molecular complexity index is 1050. The number of ether oxygens (including phenoxy) is 1. The first-order valence-electron chi connectivity index (χ1n) is 8.99. The fraction of sp³-hybridized carbons (Fsp3) is 0.0435. The summed E-state index contributed by atoms with van der Waals surface area (Å²) in [7, 11) is 1.62. The predicted molar refractivity (Wildman–Crippen MR) is 116 cm³/mol. The Morgan fingerprint density at radius 1 is 0.897 bits per heavy atom. The van der Waals surface area contributed by atoms with E-state index in [2.05, 4.69) is 10.1 Å². The van der Waals surface area contributed by atoms with Crippen LogP contribution in [0.5, 0.6) is 5.75 Å². The molecule has 0 radical (unpaired) electrons. The maximum atomic E-state index is 6.29. The van der Waals surface area contributed by atoms with Crippen LogP contribution in [0.25, 0.3) is 11.3 Å². The summed E-state index contributed by atoms with van der Waals surface area (Å²) in [5.74, 6) is 1.56. The Morgan fingerprint density at radius 3 is 2.03 bits per heavy atom. The number of hydrazone groups is 1. The highest BCUT2D eigenvalue weighted by molar-refractivity contribution is 6.31. The number of anilines is 2. The molecule has 0 spiro atoms. The normalized spacial score (nSPS) is 11.0. The Labute approximate surface area is 173 Å². The molecule has 0 fully saturated rings. The lowest BCUT2D eigenvalue weighted by Crippen LogP contribution is -2.09. The Morgan fingerprint density at radius 2 is 1.48 bits per heavy atom. The zero-order valence-corrected chi connectivity index (χ0v) is 16.5. The van der Waals surface area contributed by atoms with Crippen molar-refractivity contribution in [1.82, 2.24) is 4.98 Å². The first-order valence-corrected chi connectivity index (χ1v) is 9.37. The van der Waals surface area contributed by atoms with Crippen molar-refractivity contribution in [3.63, 3.8) is 0 Å². The maximum absolute atomic E-state index is 6.29. The third-order valence-electron chi connectivity index (χ3n) is 4.24. The van der Waals surface area contributed by atoms with Crippen LogP contribution in [0, 0.1) is 0 Å². The molecule has 4 rings (SSSR count). The Kier molecular flexibility index (Phi) is 5.59. The summed E-state index contributed by atoms with van der Waals surface area (Å²) in [6.45, 7) is 0. The van der Waals surface area contributed by atoms with Gasteiger partial charge >= 0.3 is 0 Å². The van der Waals surface area contributed by atoms with Crippen LogP contribution < -0.4 is 9.75 Å². The number of nitrogens with zero attached hydrogens (tertiary/aromatic N) is 3. The van der Waals surface area contributed by atoms with E-state index in [1.165, 1.54) is 0 Å². The summed E-state index contributed by atoms with van der Waals surface area (Å²) in [4.78, 5) is 4.28. The minimum absolute atomic E-state index is 0.280. The second-order valence-corrected chi connectivity index (χ2v) is 6.49. The molecule has 1 aromatic heterocycles. The zero-order chi connectivity index (χ0) is 20.1. The number of hydrogen-bond acceptors (Lipinski definition) is 5. The van der Waals surface area contributed by atoms with Gasteiger partial charge in [-0.15, -0.1) is 0 Å². The number of benzene rings is 3. The first kappa shape index (κ1) is 18.8. The summed E-state index contributed by atoms with van der Waals surface area (Å²) in [6.07, 6.45) is 1.55. The van der Waals surface area contributed by atoms with Gasteiger partial charge in [-0.05, 0) is 48.5 Å². The van der Waals surface area contributed by atoms with Crippen molar-refractivity contribution < 1.29 is 9.15 Å². The average molecular weight is 404 g/mol. The quantitative estimate of drug-likeness (QED) is 0.285. The second kappa shape index (κ2) is 8.63. The molecule has 0 aliphatic heterocycles. The van der Waals surface area contributed by atoms with Crippen LogP contribution in [-0.2, 0) is 0 Å². The SMILES string of the molecule is COc1ccc(-c2oc(C=NN(c3ccccc3)c3ccccc3)nc2Cl)cc1. The van der Waals surface area contributed by atoms with E-state index in [-0.39, 0.29) is 5.15 Å². The molecule has 0 atom stereocenters. The van der Waals surface area contributed by atoms with Crippen LogP contribution in [0.3, 0.4) is 0 Å². The van der Waals surface area contributed by atoms with E-state index in [0.29, 0.717) is 11.7 Å². The molecular formula is C23H18ClN3O2. The van der Waals surface area contributed by atoms with Crippen LogP contribution in [0.15, 0.2) is 94.4 Å². The van der Waals surface area contributed by atoms with Crippen molar-refractivity contribution in [3.8, 4) is 17.1 Å². The number of oxazole rings is 1. The van der Waals surface area contributed by atoms with Crippen LogP contribution in [-0.4, -0.2) is 18.3 Å². The van der Waals surface area contributed by atoms with Gasteiger partial charge in [-0.1, -0.05) is 48.0 Å². The summed E-state index contributed by atoms with van der Waals surface area (Å²) in [6, 6.07) is 27.1. The van der Waals surface area contributed by atoms with Crippen molar-refractivity contribution >= 4 is 29.2 Å². The second-order valence-electron chi connectivity index (χ2n) is 6.13. The van der Waals surface area contributed by atoms with Gasteiger partial charge in [0.15, 0.2) is 10.9 Å². The van der Waals surface area contributed by atoms with Crippen molar-refractivity contribution in [3.05, 3.63) is 96.0 Å². The van der Waals surface area contributed by atoms with E-state index in [0.717, 1.165) is 22.7 Å². The molecule has 0 amide bonds. The number of rotatable bonds is 6. The maximum Gasteiger partial charge on any atom is 0.241 e. The fourth-order valence-corrected chi connectivity index (χ4v) is 3.05. The Balaban J connectivity index is 1.64. The molecule has 5 nitrogen and oxygen atoms in total. The van der Waals surface area contributed by atoms with E-state index in [1.54, 1.807) is 13.3 Å². The fourth-order valence-electron chi connectivity index (χ4n) is 2.82. The summed E-state index contributed by atoms with van der Waals surface area (Å²) in [5, 5.41) is 6.67. The highest BCUT2D eigenvalue weighted by Gasteiger charge is 2.13. The van der Waals surface area contributed by atoms with E-state index in [9.17, 15) is 0 Å². The Hall–Kier alpha value is -3.57. The molecule has 6 heteroatoms. The molecule has 0 N–H and O–H groups in total.